The Bertz CT molecular complexity index is 273. The van der Waals surface area contributed by atoms with Crippen molar-refractivity contribution in [1.82, 2.24) is 0 Å². The first-order valence-electron chi connectivity index (χ1n) is 7.39. The molecular formula is C14H32N2OSi. The Morgan fingerprint density at radius 1 is 1.11 bits per heavy atom. The van der Waals surface area contributed by atoms with Crippen LogP contribution in [0.15, 0.2) is 0 Å². The van der Waals surface area contributed by atoms with Crippen LogP contribution in [0.5, 0.6) is 0 Å². The largest absolute Gasteiger partial charge is 0.411 e. The van der Waals surface area contributed by atoms with Crippen LogP contribution in [0.3, 0.4) is 0 Å². The van der Waals surface area contributed by atoms with Gasteiger partial charge < -0.3 is 15.9 Å². The molecule has 1 saturated heterocycles. The molecule has 0 aromatic rings. The van der Waals surface area contributed by atoms with E-state index in [-0.39, 0.29) is 11.0 Å². The van der Waals surface area contributed by atoms with E-state index in [1.54, 1.807) is 0 Å². The number of hydrogen-bond donors (Lipinski definition) is 2. The van der Waals surface area contributed by atoms with Crippen molar-refractivity contribution in [2.24, 2.45) is 16.9 Å². The summed E-state index contributed by atoms with van der Waals surface area (Å²) in [6.45, 7) is 10.9. The van der Waals surface area contributed by atoms with Crippen molar-refractivity contribution in [1.29, 1.82) is 0 Å². The van der Waals surface area contributed by atoms with Gasteiger partial charge in [-0.3, -0.25) is 0 Å². The monoisotopic (exact) mass is 272 g/mol. The molecule has 0 saturated carbocycles. The maximum atomic E-state index is 6.71. The summed E-state index contributed by atoms with van der Waals surface area (Å²) in [6.07, 6.45) is 4.53. The Morgan fingerprint density at radius 3 is 2.28 bits per heavy atom. The van der Waals surface area contributed by atoms with Gasteiger partial charge in [-0.1, -0.05) is 13.8 Å². The molecule has 1 fully saturated rings. The van der Waals surface area contributed by atoms with Crippen LogP contribution in [0.25, 0.3) is 0 Å². The zero-order valence-electron chi connectivity index (χ0n) is 12.7. The Balaban J connectivity index is 2.77. The number of nitrogens with two attached hydrogens (primary N) is 2. The van der Waals surface area contributed by atoms with Crippen molar-refractivity contribution >= 4 is 8.32 Å². The van der Waals surface area contributed by atoms with Crippen LogP contribution < -0.4 is 11.5 Å². The van der Waals surface area contributed by atoms with Gasteiger partial charge in [0, 0.05) is 0 Å². The van der Waals surface area contributed by atoms with Crippen LogP contribution >= 0.6 is 0 Å². The van der Waals surface area contributed by atoms with Crippen LogP contribution in [0.2, 0.25) is 18.6 Å². The van der Waals surface area contributed by atoms with Crippen molar-refractivity contribution in [3.63, 3.8) is 0 Å². The lowest BCUT2D eigenvalue weighted by Crippen LogP contribution is -2.57. The van der Waals surface area contributed by atoms with Gasteiger partial charge in [0.2, 0.25) is 0 Å². The van der Waals surface area contributed by atoms with Crippen LogP contribution in [-0.4, -0.2) is 27.0 Å². The van der Waals surface area contributed by atoms with Gasteiger partial charge >= 0.3 is 0 Å². The van der Waals surface area contributed by atoms with Crippen molar-refractivity contribution in [3.8, 4) is 0 Å². The van der Waals surface area contributed by atoms with Gasteiger partial charge in [-0.15, -0.1) is 0 Å². The molecule has 0 bridgehead atoms. The maximum Gasteiger partial charge on any atom is 0.190 e. The average Bonchev–Trinajstić information content (AvgIpc) is 2.30. The molecule has 1 heterocycles. The molecule has 0 spiro atoms. The van der Waals surface area contributed by atoms with E-state index >= 15 is 0 Å². The number of hydrogen-bond acceptors (Lipinski definition) is 3. The van der Waals surface area contributed by atoms with E-state index in [1.165, 1.54) is 18.5 Å². The molecule has 2 atom stereocenters. The highest BCUT2D eigenvalue weighted by Crippen LogP contribution is 2.49. The summed E-state index contributed by atoms with van der Waals surface area (Å²) in [6, 6.07) is 2.48. The van der Waals surface area contributed by atoms with Crippen LogP contribution in [0, 0.1) is 5.41 Å². The van der Waals surface area contributed by atoms with Crippen molar-refractivity contribution in [2.45, 2.75) is 70.7 Å². The first kappa shape index (κ1) is 16.2. The van der Waals surface area contributed by atoms with Crippen LogP contribution in [-0.2, 0) is 4.43 Å². The molecule has 3 nitrogen and oxygen atoms in total. The molecule has 0 aromatic heterocycles. The Labute approximate surface area is 114 Å². The summed E-state index contributed by atoms with van der Waals surface area (Å²) in [5.74, 6) is 0. The molecule has 1 rings (SSSR count). The van der Waals surface area contributed by atoms with E-state index in [9.17, 15) is 0 Å². The smallest absolute Gasteiger partial charge is 0.190 e. The van der Waals surface area contributed by atoms with Crippen molar-refractivity contribution in [3.05, 3.63) is 0 Å². The minimum absolute atomic E-state index is 0.000189. The van der Waals surface area contributed by atoms with Gasteiger partial charge in [0.1, 0.15) is 0 Å². The van der Waals surface area contributed by atoms with E-state index in [0.717, 1.165) is 32.4 Å². The molecule has 108 valence electrons. The van der Waals surface area contributed by atoms with Crippen molar-refractivity contribution in [2.75, 3.05) is 13.1 Å². The molecule has 0 radical (unpaired) electrons. The predicted octanol–water partition coefficient (Wildman–Crippen LogP) is 2.85. The standard InChI is InChI=1S/C14H32N2OSi/c1-13(2)8-12-18(4,11-6-10-16)17-14(13,3)7-5-9-15/h5-12,15-16H2,1-4H3. The topological polar surface area (TPSA) is 61.3 Å². The summed E-state index contributed by atoms with van der Waals surface area (Å²) >= 11 is 0. The summed E-state index contributed by atoms with van der Waals surface area (Å²) in [5, 5.41) is 0. The van der Waals surface area contributed by atoms with Gasteiger partial charge in [0.05, 0.1) is 5.60 Å². The average molecular weight is 273 g/mol. The van der Waals surface area contributed by atoms with E-state index in [4.69, 9.17) is 15.9 Å². The SMILES string of the molecule is CC1(C)CC[Si](C)(CCCN)OC1(C)CCCN. The zero-order chi connectivity index (χ0) is 13.9. The van der Waals surface area contributed by atoms with Gasteiger partial charge in [-0.2, -0.15) is 0 Å². The molecule has 1 aliphatic heterocycles. The Hall–Kier alpha value is 0.0969. The lowest BCUT2D eigenvalue weighted by molar-refractivity contribution is -0.0631. The second-order valence-corrected chi connectivity index (χ2v) is 11.1. The van der Waals surface area contributed by atoms with Crippen LogP contribution in [0.4, 0.5) is 0 Å². The molecule has 4 heteroatoms. The zero-order valence-corrected chi connectivity index (χ0v) is 13.7. The molecule has 1 aliphatic rings. The van der Waals surface area contributed by atoms with E-state index in [0.29, 0.717) is 0 Å². The Kier molecular flexibility index (Phi) is 5.41. The minimum Gasteiger partial charge on any atom is -0.411 e. The van der Waals surface area contributed by atoms with E-state index in [1.807, 2.05) is 0 Å². The molecule has 0 aromatic carbocycles. The normalized spacial score (nSPS) is 35.7. The highest BCUT2D eigenvalue weighted by molar-refractivity contribution is 6.72. The molecular weight excluding hydrogens is 240 g/mol. The second kappa shape index (κ2) is 6.03. The summed E-state index contributed by atoms with van der Waals surface area (Å²) < 4.78 is 6.71. The second-order valence-electron chi connectivity index (χ2n) is 6.95. The van der Waals surface area contributed by atoms with Gasteiger partial charge in [-0.05, 0) is 69.7 Å². The van der Waals surface area contributed by atoms with Gasteiger partial charge in [0.15, 0.2) is 8.32 Å². The highest BCUT2D eigenvalue weighted by Gasteiger charge is 2.51. The maximum absolute atomic E-state index is 6.71. The first-order valence-corrected chi connectivity index (χ1v) is 10.2. The number of rotatable bonds is 6. The minimum atomic E-state index is -1.55. The van der Waals surface area contributed by atoms with Crippen LogP contribution in [0.1, 0.15) is 46.5 Å². The lowest BCUT2D eigenvalue weighted by Gasteiger charge is -2.54. The third-order valence-corrected chi connectivity index (χ3v) is 8.61. The predicted molar refractivity (Wildman–Crippen MR) is 81.1 cm³/mol. The third kappa shape index (κ3) is 3.56. The first-order chi connectivity index (χ1) is 8.29. The van der Waals surface area contributed by atoms with Crippen molar-refractivity contribution < 1.29 is 4.43 Å². The quantitative estimate of drug-likeness (QED) is 0.731. The molecule has 18 heavy (non-hydrogen) atoms. The molecule has 2 unspecified atom stereocenters. The van der Waals surface area contributed by atoms with E-state index in [2.05, 4.69) is 27.3 Å². The highest BCUT2D eigenvalue weighted by atomic mass is 28.4. The summed E-state index contributed by atoms with van der Waals surface area (Å²) in [7, 11) is -1.55. The summed E-state index contributed by atoms with van der Waals surface area (Å²) in [4.78, 5) is 0. The molecule has 4 N–H and O–H groups in total. The fourth-order valence-electron chi connectivity index (χ4n) is 3.06. The summed E-state index contributed by atoms with van der Waals surface area (Å²) in [5.41, 5.74) is 11.6. The Morgan fingerprint density at radius 2 is 1.72 bits per heavy atom. The molecule has 0 amide bonds. The fourth-order valence-corrected chi connectivity index (χ4v) is 7.08. The molecule has 0 aliphatic carbocycles. The van der Waals surface area contributed by atoms with E-state index < -0.39 is 8.32 Å². The third-order valence-electron chi connectivity index (χ3n) is 4.95. The van der Waals surface area contributed by atoms with Gasteiger partial charge in [0.25, 0.3) is 0 Å². The van der Waals surface area contributed by atoms with Gasteiger partial charge in [-0.25, -0.2) is 0 Å². The lowest BCUT2D eigenvalue weighted by atomic mass is 9.71. The fraction of sp³-hybridized carbons (Fsp3) is 1.00.